The molecule has 0 amide bonds. The highest BCUT2D eigenvalue weighted by Gasteiger charge is 2.10. The molecular weight excluding hydrogens is 204 g/mol. The minimum Gasteiger partial charge on any atom is -0.379 e. The van der Waals surface area contributed by atoms with Crippen LogP contribution in [0.25, 0.3) is 0 Å². The fourth-order valence-electron chi connectivity index (χ4n) is 1.93. The third-order valence-corrected chi connectivity index (χ3v) is 2.75. The van der Waals surface area contributed by atoms with Crippen molar-refractivity contribution in [1.29, 1.82) is 0 Å². The molecule has 1 aliphatic heterocycles. The van der Waals surface area contributed by atoms with Crippen molar-refractivity contribution in [2.24, 2.45) is 5.90 Å². The second kappa shape index (κ2) is 5.96. The number of morpholine rings is 1. The van der Waals surface area contributed by atoms with Gasteiger partial charge in [0.2, 0.25) is 0 Å². The zero-order valence-electron chi connectivity index (χ0n) is 9.39. The molecule has 1 heterocycles. The van der Waals surface area contributed by atoms with Crippen molar-refractivity contribution in [3.05, 3.63) is 35.4 Å². The van der Waals surface area contributed by atoms with Crippen LogP contribution in [0.2, 0.25) is 0 Å². The highest BCUT2D eigenvalue weighted by Crippen LogP contribution is 2.10. The molecule has 4 heteroatoms. The lowest BCUT2D eigenvalue weighted by Gasteiger charge is -2.26. The van der Waals surface area contributed by atoms with E-state index >= 15 is 0 Å². The Bertz CT molecular complexity index is 325. The van der Waals surface area contributed by atoms with Crippen molar-refractivity contribution >= 4 is 0 Å². The summed E-state index contributed by atoms with van der Waals surface area (Å²) in [5, 5.41) is 0. The Hall–Kier alpha value is -0.940. The Balaban J connectivity index is 1.94. The van der Waals surface area contributed by atoms with E-state index in [4.69, 9.17) is 10.6 Å². The second-order valence-electron chi connectivity index (χ2n) is 4.02. The van der Waals surface area contributed by atoms with Crippen LogP contribution in [0.4, 0.5) is 0 Å². The average Bonchev–Trinajstić information content (AvgIpc) is 2.31. The Morgan fingerprint density at radius 2 is 2.00 bits per heavy atom. The molecule has 0 bridgehead atoms. The van der Waals surface area contributed by atoms with Crippen LogP contribution in [0.3, 0.4) is 0 Å². The Morgan fingerprint density at radius 3 is 2.75 bits per heavy atom. The fourth-order valence-corrected chi connectivity index (χ4v) is 1.93. The summed E-state index contributed by atoms with van der Waals surface area (Å²) in [6.07, 6.45) is 0. The predicted octanol–water partition coefficient (Wildman–Crippen LogP) is 0.909. The third-order valence-electron chi connectivity index (χ3n) is 2.75. The van der Waals surface area contributed by atoms with E-state index in [9.17, 15) is 0 Å². The molecule has 2 N–H and O–H groups in total. The highest BCUT2D eigenvalue weighted by molar-refractivity contribution is 5.22. The minimum atomic E-state index is 0.469. The Kier molecular flexibility index (Phi) is 4.30. The monoisotopic (exact) mass is 222 g/mol. The van der Waals surface area contributed by atoms with E-state index in [2.05, 4.69) is 21.9 Å². The van der Waals surface area contributed by atoms with E-state index in [0.29, 0.717) is 6.61 Å². The summed E-state index contributed by atoms with van der Waals surface area (Å²) in [6, 6.07) is 8.34. The Morgan fingerprint density at radius 1 is 1.25 bits per heavy atom. The molecule has 1 aromatic rings. The standard InChI is InChI=1S/C12H18N2O2/c13-16-10-12-3-1-2-11(8-12)9-14-4-6-15-7-5-14/h1-3,8H,4-7,9-10,13H2. The molecule has 0 radical (unpaired) electrons. The summed E-state index contributed by atoms with van der Waals surface area (Å²) in [6.45, 7) is 5.14. The average molecular weight is 222 g/mol. The van der Waals surface area contributed by atoms with E-state index < -0.39 is 0 Å². The van der Waals surface area contributed by atoms with Gasteiger partial charge in [0.1, 0.15) is 0 Å². The van der Waals surface area contributed by atoms with Gasteiger partial charge >= 0.3 is 0 Å². The molecule has 0 aromatic heterocycles. The fraction of sp³-hybridized carbons (Fsp3) is 0.500. The van der Waals surface area contributed by atoms with E-state index in [-0.39, 0.29) is 0 Å². The first-order chi connectivity index (χ1) is 7.88. The first kappa shape index (κ1) is 11.5. The van der Waals surface area contributed by atoms with Crippen LogP contribution in [0, 0.1) is 0 Å². The molecule has 0 unspecified atom stereocenters. The topological polar surface area (TPSA) is 47.7 Å². The van der Waals surface area contributed by atoms with Crippen molar-refractivity contribution < 1.29 is 9.57 Å². The van der Waals surface area contributed by atoms with Gasteiger partial charge in [-0.05, 0) is 11.1 Å². The maximum absolute atomic E-state index is 5.32. The summed E-state index contributed by atoms with van der Waals surface area (Å²) in [7, 11) is 0. The maximum Gasteiger partial charge on any atom is 0.0930 e. The summed E-state index contributed by atoms with van der Waals surface area (Å²) >= 11 is 0. The summed E-state index contributed by atoms with van der Waals surface area (Å²) < 4.78 is 5.32. The van der Waals surface area contributed by atoms with Gasteiger partial charge in [-0.2, -0.15) is 0 Å². The molecular formula is C12H18N2O2. The largest absolute Gasteiger partial charge is 0.379 e. The van der Waals surface area contributed by atoms with Gasteiger partial charge in [-0.15, -0.1) is 0 Å². The molecule has 0 atom stereocenters. The molecule has 1 fully saturated rings. The number of ether oxygens (including phenoxy) is 1. The van der Waals surface area contributed by atoms with Crippen molar-refractivity contribution in [1.82, 2.24) is 4.90 Å². The number of hydrogen-bond acceptors (Lipinski definition) is 4. The molecule has 1 saturated heterocycles. The molecule has 0 aliphatic carbocycles. The van der Waals surface area contributed by atoms with Crippen molar-refractivity contribution in [2.45, 2.75) is 13.2 Å². The van der Waals surface area contributed by atoms with E-state index in [0.717, 1.165) is 38.4 Å². The normalized spacial score (nSPS) is 17.6. The SMILES string of the molecule is NOCc1cccc(CN2CCOCC2)c1. The van der Waals surface area contributed by atoms with E-state index in [1.54, 1.807) is 0 Å². The first-order valence-electron chi connectivity index (χ1n) is 5.58. The molecule has 88 valence electrons. The van der Waals surface area contributed by atoms with Crippen LogP contribution in [-0.4, -0.2) is 31.2 Å². The lowest BCUT2D eigenvalue weighted by atomic mass is 10.1. The molecule has 0 saturated carbocycles. The lowest BCUT2D eigenvalue weighted by molar-refractivity contribution is 0.0341. The quantitative estimate of drug-likeness (QED) is 0.769. The van der Waals surface area contributed by atoms with Crippen LogP contribution >= 0.6 is 0 Å². The summed E-state index contributed by atoms with van der Waals surface area (Å²) in [4.78, 5) is 7.03. The van der Waals surface area contributed by atoms with Gasteiger partial charge in [0.05, 0.1) is 19.8 Å². The molecule has 0 spiro atoms. The van der Waals surface area contributed by atoms with E-state index in [1.165, 1.54) is 5.56 Å². The van der Waals surface area contributed by atoms with Gasteiger partial charge in [-0.1, -0.05) is 24.3 Å². The summed E-state index contributed by atoms with van der Waals surface area (Å²) in [5.41, 5.74) is 2.42. The van der Waals surface area contributed by atoms with Gasteiger partial charge in [-0.25, -0.2) is 5.90 Å². The van der Waals surface area contributed by atoms with Gasteiger partial charge in [-0.3, -0.25) is 9.74 Å². The molecule has 4 nitrogen and oxygen atoms in total. The van der Waals surface area contributed by atoms with Gasteiger partial charge in [0.25, 0.3) is 0 Å². The van der Waals surface area contributed by atoms with Crippen LogP contribution in [0.5, 0.6) is 0 Å². The molecule has 1 aromatic carbocycles. The number of hydrogen-bond donors (Lipinski definition) is 1. The van der Waals surface area contributed by atoms with Gasteiger partial charge in [0, 0.05) is 19.6 Å². The molecule has 2 rings (SSSR count). The highest BCUT2D eigenvalue weighted by atomic mass is 16.6. The third kappa shape index (κ3) is 3.28. The first-order valence-corrected chi connectivity index (χ1v) is 5.58. The van der Waals surface area contributed by atoms with Crippen molar-refractivity contribution in [3.8, 4) is 0 Å². The van der Waals surface area contributed by atoms with Crippen molar-refractivity contribution in [2.75, 3.05) is 26.3 Å². The minimum absolute atomic E-state index is 0.469. The van der Waals surface area contributed by atoms with Gasteiger partial charge in [0.15, 0.2) is 0 Å². The number of benzene rings is 1. The number of nitrogens with two attached hydrogens (primary N) is 1. The second-order valence-corrected chi connectivity index (χ2v) is 4.02. The number of rotatable bonds is 4. The zero-order chi connectivity index (χ0) is 11.2. The lowest BCUT2D eigenvalue weighted by Crippen LogP contribution is -2.35. The number of nitrogens with zero attached hydrogens (tertiary/aromatic N) is 1. The predicted molar refractivity (Wildman–Crippen MR) is 61.5 cm³/mol. The molecule has 1 aliphatic rings. The van der Waals surface area contributed by atoms with Crippen LogP contribution in [-0.2, 0) is 22.7 Å². The van der Waals surface area contributed by atoms with Crippen molar-refractivity contribution in [3.63, 3.8) is 0 Å². The van der Waals surface area contributed by atoms with E-state index in [1.807, 2.05) is 12.1 Å². The van der Waals surface area contributed by atoms with Crippen LogP contribution in [0.1, 0.15) is 11.1 Å². The van der Waals surface area contributed by atoms with Gasteiger partial charge < -0.3 is 4.74 Å². The smallest absolute Gasteiger partial charge is 0.0930 e. The Labute approximate surface area is 95.9 Å². The summed E-state index contributed by atoms with van der Waals surface area (Å²) in [5.74, 6) is 5.07. The maximum atomic E-state index is 5.32. The molecule has 16 heavy (non-hydrogen) atoms. The van der Waals surface area contributed by atoms with Crippen LogP contribution < -0.4 is 5.90 Å². The zero-order valence-corrected chi connectivity index (χ0v) is 9.39. The van der Waals surface area contributed by atoms with Crippen LogP contribution in [0.15, 0.2) is 24.3 Å².